The van der Waals surface area contributed by atoms with Crippen molar-refractivity contribution in [2.75, 3.05) is 13.7 Å². The summed E-state index contributed by atoms with van der Waals surface area (Å²) in [4.78, 5) is 0. The summed E-state index contributed by atoms with van der Waals surface area (Å²) in [6, 6.07) is 7.05. The van der Waals surface area contributed by atoms with E-state index in [0.717, 1.165) is 47.8 Å². The van der Waals surface area contributed by atoms with Gasteiger partial charge < -0.3 is 14.8 Å². The molecule has 114 valence electrons. The zero-order valence-electron chi connectivity index (χ0n) is 13.0. The van der Waals surface area contributed by atoms with Crippen molar-refractivity contribution in [2.45, 2.75) is 38.8 Å². The van der Waals surface area contributed by atoms with E-state index in [1.54, 1.807) is 7.11 Å². The molecule has 4 atom stereocenters. The van der Waals surface area contributed by atoms with Crippen molar-refractivity contribution in [1.29, 1.82) is 0 Å². The third-order valence-electron chi connectivity index (χ3n) is 5.81. The van der Waals surface area contributed by atoms with Crippen molar-refractivity contribution < 1.29 is 9.47 Å². The van der Waals surface area contributed by atoms with Gasteiger partial charge in [0, 0.05) is 12.6 Å². The zero-order chi connectivity index (χ0) is 14.4. The molecule has 1 aromatic rings. The summed E-state index contributed by atoms with van der Waals surface area (Å²) in [5.74, 6) is 5.73. The number of methoxy groups -OCH3 is 1. The van der Waals surface area contributed by atoms with E-state index < -0.39 is 0 Å². The molecule has 3 nitrogen and oxygen atoms in total. The predicted octanol–water partition coefficient (Wildman–Crippen LogP) is 3.23. The van der Waals surface area contributed by atoms with E-state index >= 15 is 0 Å². The minimum atomic E-state index is 0.670. The first-order valence-electron chi connectivity index (χ1n) is 8.35. The second-order valence-corrected chi connectivity index (χ2v) is 6.81. The molecule has 0 spiro atoms. The van der Waals surface area contributed by atoms with E-state index in [4.69, 9.17) is 9.47 Å². The Labute approximate surface area is 127 Å². The largest absolute Gasteiger partial charge is 0.493 e. The Morgan fingerprint density at radius 3 is 2.57 bits per heavy atom. The molecule has 1 N–H and O–H groups in total. The highest BCUT2D eigenvalue weighted by molar-refractivity contribution is 5.43. The number of rotatable bonds is 6. The summed E-state index contributed by atoms with van der Waals surface area (Å²) < 4.78 is 11.0. The highest BCUT2D eigenvalue weighted by atomic mass is 16.5. The second-order valence-electron chi connectivity index (χ2n) is 6.81. The van der Waals surface area contributed by atoms with E-state index in [2.05, 4.69) is 17.4 Å². The van der Waals surface area contributed by atoms with Crippen molar-refractivity contribution in [2.24, 2.45) is 23.7 Å². The molecular formula is C18H25NO2. The van der Waals surface area contributed by atoms with Crippen LogP contribution in [0.5, 0.6) is 11.5 Å². The maximum absolute atomic E-state index is 5.66. The summed E-state index contributed by atoms with van der Waals surface area (Å²) in [6.45, 7) is 3.62. The van der Waals surface area contributed by atoms with E-state index in [9.17, 15) is 0 Å². The Balaban J connectivity index is 1.38. The Hall–Kier alpha value is -1.22. The van der Waals surface area contributed by atoms with Crippen LogP contribution in [0.15, 0.2) is 18.2 Å². The SMILES string of the molecule is CCOc1cc(CNC2C3C4CCC(C4)C23)ccc1OC. The summed E-state index contributed by atoms with van der Waals surface area (Å²) >= 11 is 0. The first-order chi connectivity index (χ1) is 10.3. The molecule has 3 aliphatic rings. The topological polar surface area (TPSA) is 30.5 Å². The van der Waals surface area contributed by atoms with Crippen molar-refractivity contribution in [3.05, 3.63) is 23.8 Å². The molecule has 21 heavy (non-hydrogen) atoms. The van der Waals surface area contributed by atoms with Gasteiger partial charge in [0.15, 0.2) is 11.5 Å². The lowest BCUT2D eigenvalue weighted by Crippen LogP contribution is -2.22. The molecule has 4 unspecified atom stereocenters. The molecule has 3 saturated carbocycles. The summed E-state index contributed by atoms with van der Waals surface area (Å²) in [7, 11) is 1.69. The molecule has 0 heterocycles. The van der Waals surface area contributed by atoms with Gasteiger partial charge in [0.05, 0.1) is 13.7 Å². The van der Waals surface area contributed by atoms with E-state index in [-0.39, 0.29) is 0 Å². The minimum Gasteiger partial charge on any atom is -0.493 e. The average molecular weight is 287 g/mol. The average Bonchev–Trinajstić information content (AvgIpc) is 2.88. The molecule has 1 aromatic carbocycles. The first kappa shape index (κ1) is 13.4. The van der Waals surface area contributed by atoms with Crippen LogP contribution in [0.1, 0.15) is 31.7 Å². The van der Waals surface area contributed by atoms with Crippen molar-refractivity contribution in [3.63, 3.8) is 0 Å². The first-order valence-corrected chi connectivity index (χ1v) is 8.35. The molecule has 0 saturated heterocycles. The van der Waals surface area contributed by atoms with Crippen LogP contribution in [0, 0.1) is 23.7 Å². The highest BCUT2D eigenvalue weighted by Gasteiger charge is 2.64. The number of nitrogens with one attached hydrogen (secondary N) is 1. The van der Waals surface area contributed by atoms with E-state index in [0.29, 0.717) is 6.61 Å². The molecule has 4 rings (SSSR count). The Bertz CT molecular complexity index is 514. The van der Waals surface area contributed by atoms with E-state index in [1.807, 2.05) is 13.0 Å². The van der Waals surface area contributed by atoms with Gasteiger partial charge in [-0.25, -0.2) is 0 Å². The second kappa shape index (κ2) is 5.20. The van der Waals surface area contributed by atoms with Gasteiger partial charge in [0.2, 0.25) is 0 Å². The fraction of sp³-hybridized carbons (Fsp3) is 0.667. The van der Waals surface area contributed by atoms with Gasteiger partial charge in [-0.3, -0.25) is 0 Å². The predicted molar refractivity (Wildman–Crippen MR) is 82.6 cm³/mol. The smallest absolute Gasteiger partial charge is 0.161 e. The number of ether oxygens (including phenoxy) is 2. The van der Waals surface area contributed by atoms with Crippen LogP contribution in [-0.2, 0) is 6.54 Å². The zero-order valence-corrected chi connectivity index (χ0v) is 13.0. The maximum Gasteiger partial charge on any atom is 0.161 e. The standard InChI is InChI=1S/C18H25NO2/c1-3-21-15-8-11(4-7-14(15)20-2)10-19-18-16-12-5-6-13(9-12)17(16)18/h4,7-8,12-13,16-19H,3,5-6,9-10H2,1-2H3. The lowest BCUT2D eigenvalue weighted by Gasteiger charge is -2.13. The van der Waals surface area contributed by atoms with Gasteiger partial charge in [-0.2, -0.15) is 0 Å². The summed E-state index contributed by atoms with van der Waals surface area (Å²) in [5, 5.41) is 3.79. The Morgan fingerprint density at radius 1 is 1.14 bits per heavy atom. The normalized spacial score (nSPS) is 35.6. The van der Waals surface area contributed by atoms with E-state index in [1.165, 1.54) is 24.8 Å². The number of fused-ring (bicyclic) bond motifs is 5. The third kappa shape index (κ3) is 2.22. The fourth-order valence-corrected chi connectivity index (χ4v) is 4.93. The summed E-state index contributed by atoms with van der Waals surface area (Å²) in [5.41, 5.74) is 1.29. The van der Waals surface area contributed by atoms with Gasteiger partial charge in [0.1, 0.15) is 0 Å². The van der Waals surface area contributed by atoms with Gasteiger partial charge in [0.25, 0.3) is 0 Å². The van der Waals surface area contributed by atoms with Gasteiger partial charge in [-0.15, -0.1) is 0 Å². The molecule has 0 radical (unpaired) electrons. The Morgan fingerprint density at radius 2 is 1.90 bits per heavy atom. The molecule has 2 bridgehead atoms. The lowest BCUT2D eigenvalue weighted by molar-refractivity contribution is 0.310. The van der Waals surface area contributed by atoms with Crippen LogP contribution in [0.3, 0.4) is 0 Å². The summed E-state index contributed by atoms with van der Waals surface area (Å²) in [6.07, 6.45) is 4.49. The van der Waals surface area contributed by atoms with Gasteiger partial charge >= 0.3 is 0 Å². The van der Waals surface area contributed by atoms with Gasteiger partial charge in [-0.1, -0.05) is 6.07 Å². The van der Waals surface area contributed by atoms with Crippen LogP contribution >= 0.6 is 0 Å². The molecule has 0 aliphatic heterocycles. The Kier molecular flexibility index (Phi) is 3.33. The monoisotopic (exact) mass is 287 g/mol. The lowest BCUT2D eigenvalue weighted by atomic mass is 10.0. The highest BCUT2D eigenvalue weighted by Crippen LogP contribution is 2.65. The quantitative estimate of drug-likeness (QED) is 0.871. The molecular weight excluding hydrogens is 262 g/mol. The van der Waals surface area contributed by atoms with Gasteiger partial charge in [-0.05, 0) is 67.6 Å². The van der Waals surface area contributed by atoms with Crippen molar-refractivity contribution in [1.82, 2.24) is 5.32 Å². The number of hydrogen-bond donors (Lipinski definition) is 1. The maximum atomic E-state index is 5.66. The molecule has 0 amide bonds. The van der Waals surface area contributed by atoms with Crippen LogP contribution in [0.4, 0.5) is 0 Å². The van der Waals surface area contributed by atoms with Crippen LogP contribution in [0.25, 0.3) is 0 Å². The van der Waals surface area contributed by atoms with Crippen molar-refractivity contribution in [3.8, 4) is 11.5 Å². The molecule has 3 aliphatic carbocycles. The number of hydrogen-bond acceptors (Lipinski definition) is 3. The minimum absolute atomic E-state index is 0.670. The fourth-order valence-electron chi connectivity index (χ4n) is 4.93. The molecule has 3 fully saturated rings. The van der Waals surface area contributed by atoms with Crippen LogP contribution < -0.4 is 14.8 Å². The number of benzene rings is 1. The molecule has 3 heteroatoms. The molecule has 0 aromatic heterocycles. The third-order valence-corrected chi connectivity index (χ3v) is 5.81. The van der Waals surface area contributed by atoms with Crippen LogP contribution in [-0.4, -0.2) is 19.8 Å². The van der Waals surface area contributed by atoms with Crippen molar-refractivity contribution >= 4 is 0 Å². The van der Waals surface area contributed by atoms with Crippen LogP contribution in [0.2, 0.25) is 0 Å².